The fourth-order valence-corrected chi connectivity index (χ4v) is 1.80. The molecule has 2 aliphatic rings. The summed E-state index contributed by atoms with van der Waals surface area (Å²) in [6, 6.07) is 0. The first-order valence-electron chi connectivity index (χ1n) is 3.81. The van der Waals surface area contributed by atoms with Crippen molar-refractivity contribution in [2.24, 2.45) is 0 Å². The molecule has 12 heavy (non-hydrogen) atoms. The van der Waals surface area contributed by atoms with Gasteiger partial charge in [0.2, 0.25) is 0 Å². The molecular formula is C8H7ClO3. The van der Waals surface area contributed by atoms with Crippen LogP contribution in [0.25, 0.3) is 0 Å². The van der Waals surface area contributed by atoms with E-state index in [-0.39, 0.29) is 5.38 Å². The molecule has 1 aliphatic heterocycles. The molecule has 0 aromatic carbocycles. The Balaban J connectivity index is 2.35. The summed E-state index contributed by atoms with van der Waals surface area (Å²) in [4.78, 5) is 22.0. The molecular weight excluding hydrogens is 180 g/mol. The van der Waals surface area contributed by atoms with Gasteiger partial charge >= 0.3 is 11.9 Å². The average molecular weight is 187 g/mol. The second-order valence-corrected chi connectivity index (χ2v) is 3.59. The van der Waals surface area contributed by atoms with Crippen molar-refractivity contribution < 1.29 is 14.3 Å². The van der Waals surface area contributed by atoms with Gasteiger partial charge in [-0.05, 0) is 19.3 Å². The van der Waals surface area contributed by atoms with Crippen LogP contribution in [-0.2, 0) is 14.3 Å². The minimum atomic E-state index is -0.500. The summed E-state index contributed by atoms with van der Waals surface area (Å²) < 4.78 is 4.45. The topological polar surface area (TPSA) is 43.4 Å². The lowest BCUT2D eigenvalue weighted by Crippen LogP contribution is -2.11. The smallest absolute Gasteiger partial charge is 0.342 e. The lowest BCUT2D eigenvalue weighted by Gasteiger charge is -2.13. The van der Waals surface area contributed by atoms with Crippen molar-refractivity contribution in [2.45, 2.75) is 24.6 Å². The van der Waals surface area contributed by atoms with Gasteiger partial charge in [0.05, 0.1) is 0 Å². The largest absolute Gasteiger partial charge is 0.386 e. The van der Waals surface area contributed by atoms with Crippen LogP contribution >= 0.6 is 11.6 Å². The van der Waals surface area contributed by atoms with Crippen molar-refractivity contribution in [2.75, 3.05) is 0 Å². The van der Waals surface area contributed by atoms with E-state index in [1.807, 2.05) is 0 Å². The number of cyclic esters (lactones) is 2. The Morgan fingerprint density at radius 1 is 1.25 bits per heavy atom. The predicted molar refractivity (Wildman–Crippen MR) is 41.6 cm³/mol. The Bertz CT molecular complexity index is 293. The molecule has 0 radical (unpaired) electrons. The second-order valence-electron chi connectivity index (χ2n) is 2.97. The van der Waals surface area contributed by atoms with E-state index in [2.05, 4.69) is 4.74 Å². The first-order valence-corrected chi connectivity index (χ1v) is 4.24. The van der Waals surface area contributed by atoms with Crippen LogP contribution in [0.1, 0.15) is 19.3 Å². The van der Waals surface area contributed by atoms with Crippen LogP contribution in [0.4, 0.5) is 0 Å². The lowest BCUT2D eigenvalue weighted by atomic mass is 9.93. The van der Waals surface area contributed by atoms with Crippen molar-refractivity contribution in [1.29, 1.82) is 0 Å². The summed E-state index contributed by atoms with van der Waals surface area (Å²) in [5.74, 6) is -0.973. The number of carbonyl (C=O) groups is 2. The third-order valence-electron chi connectivity index (χ3n) is 2.18. The maximum absolute atomic E-state index is 11.0. The van der Waals surface area contributed by atoms with Crippen LogP contribution in [0.15, 0.2) is 11.1 Å². The second kappa shape index (κ2) is 2.59. The van der Waals surface area contributed by atoms with Crippen molar-refractivity contribution in [3.63, 3.8) is 0 Å². The van der Waals surface area contributed by atoms with Crippen LogP contribution in [0.3, 0.4) is 0 Å². The van der Waals surface area contributed by atoms with E-state index >= 15 is 0 Å². The van der Waals surface area contributed by atoms with E-state index in [0.29, 0.717) is 24.0 Å². The molecule has 1 atom stereocenters. The molecule has 1 heterocycles. The molecule has 1 unspecified atom stereocenters. The molecule has 64 valence electrons. The Morgan fingerprint density at radius 2 is 1.92 bits per heavy atom. The van der Waals surface area contributed by atoms with Crippen LogP contribution < -0.4 is 0 Å². The van der Waals surface area contributed by atoms with Gasteiger partial charge in [-0.15, -0.1) is 11.6 Å². The van der Waals surface area contributed by atoms with Gasteiger partial charge < -0.3 is 4.74 Å². The number of halogens is 1. The SMILES string of the molecule is O=C1OC(=O)C2=C1CCC(Cl)C2. The Labute approximate surface area is 74.3 Å². The molecule has 0 bridgehead atoms. The number of carbonyl (C=O) groups excluding carboxylic acids is 2. The van der Waals surface area contributed by atoms with E-state index in [1.54, 1.807) is 0 Å². The molecule has 3 nitrogen and oxygen atoms in total. The zero-order chi connectivity index (χ0) is 8.72. The molecule has 0 fully saturated rings. The lowest BCUT2D eigenvalue weighted by molar-refractivity contribution is -0.151. The summed E-state index contributed by atoms with van der Waals surface area (Å²) in [6.07, 6.45) is 1.80. The minimum Gasteiger partial charge on any atom is -0.386 e. The summed E-state index contributed by atoms with van der Waals surface area (Å²) in [5.41, 5.74) is 1.03. The molecule has 0 amide bonds. The van der Waals surface area contributed by atoms with Crippen molar-refractivity contribution in [3.8, 4) is 0 Å². The average Bonchev–Trinajstić information content (AvgIpc) is 2.28. The number of hydrogen-bond acceptors (Lipinski definition) is 3. The van der Waals surface area contributed by atoms with Gasteiger partial charge in [-0.1, -0.05) is 0 Å². The normalized spacial score (nSPS) is 28.9. The molecule has 0 aromatic rings. The highest BCUT2D eigenvalue weighted by Crippen LogP contribution is 2.33. The molecule has 0 saturated carbocycles. The summed E-state index contributed by atoms with van der Waals surface area (Å²) in [5, 5.41) is -0.0257. The standard InChI is InChI=1S/C8H7ClO3/c9-4-1-2-5-6(3-4)8(11)12-7(5)10/h4H,1-3H2. The highest BCUT2D eigenvalue weighted by atomic mass is 35.5. The summed E-state index contributed by atoms with van der Waals surface area (Å²) in [7, 11) is 0. The molecule has 2 rings (SSSR count). The fourth-order valence-electron chi connectivity index (χ4n) is 1.54. The number of rotatable bonds is 0. The van der Waals surface area contributed by atoms with Gasteiger partial charge in [0.1, 0.15) is 0 Å². The molecule has 0 saturated heterocycles. The Kier molecular flexibility index (Phi) is 1.68. The highest BCUT2D eigenvalue weighted by Gasteiger charge is 2.36. The molecule has 4 heteroatoms. The summed E-state index contributed by atoms with van der Waals surface area (Å²) in [6.45, 7) is 0. The van der Waals surface area contributed by atoms with Crippen molar-refractivity contribution in [1.82, 2.24) is 0 Å². The van der Waals surface area contributed by atoms with Gasteiger partial charge in [-0.25, -0.2) is 9.59 Å². The zero-order valence-electron chi connectivity index (χ0n) is 6.30. The van der Waals surface area contributed by atoms with Gasteiger partial charge in [-0.2, -0.15) is 0 Å². The summed E-state index contributed by atoms with van der Waals surface area (Å²) >= 11 is 5.84. The van der Waals surface area contributed by atoms with E-state index in [9.17, 15) is 9.59 Å². The third kappa shape index (κ3) is 1.05. The maximum atomic E-state index is 11.0. The van der Waals surface area contributed by atoms with Crippen LogP contribution in [-0.4, -0.2) is 17.3 Å². The monoisotopic (exact) mass is 186 g/mol. The minimum absolute atomic E-state index is 0.0257. The Morgan fingerprint density at radius 3 is 2.67 bits per heavy atom. The van der Waals surface area contributed by atoms with Gasteiger partial charge in [0.25, 0.3) is 0 Å². The van der Waals surface area contributed by atoms with E-state index < -0.39 is 11.9 Å². The number of hydrogen-bond donors (Lipinski definition) is 0. The molecule has 0 N–H and O–H groups in total. The van der Waals surface area contributed by atoms with Crippen LogP contribution in [0.2, 0.25) is 0 Å². The molecule has 0 spiro atoms. The van der Waals surface area contributed by atoms with Crippen molar-refractivity contribution >= 4 is 23.5 Å². The van der Waals surface area contributed by atoms with Crippen LogP contribution in [0.5, 0.6) is 0 Å². The first-order chi connectivity index (χ1) is 5.68. The van der Waals surface area contributed by atoms with Gasteiger partial charge in [-0.3, -0.25) is 0 Å². The number of esters is 2. The first kappa shape index (κ1) is 7.80. The van der Waals surface area contributed by atoms with Gasteiger partial charge in [0, 0.05) is 16.5 Å². The zero-order valence-corrected chi connectivity index (χ0v) is 7.06. The Hall–Kier alpha value is -0.830. The molecule has 1 aliphatic carbocycles. The van der Waals surface area contributed by atoms with E-state index in [0.717, 1.165) is 6.42 Å². The third-order valence-corrected chi connectivity index (χ3v) is 2.55. The highest BCUT2D eigenvalue weighted by molar-refractivity contribution is 6.22. The van der Waals surface area contributed by atoms with Crippen LogP contribution in [0, 0.1) is 0 Å². The quantitative estimate of drug-likeness (QED) is 0.324. The number of ether oxygens (including phenoxy) is 1. The van der Waals surface area contributed by atoms with E-state index in [4.69, 9.17) is 11.6 Å². The number of alkyl halides is 1. The van der Waals surface area contributed by atoms with E-state index in [1.165, 1.54) is 0 Å². The molecule has 0 aromatic heterocycles. The fraction of sp³-hybridized carbons (Fsp3) is 0.500. The maximum Gasteiger partial charge on any atom is 0.342 e. The van der Waals surface area contributed by atoms with Gasteiger partial charge in [0.15, 0.2) is 0 Å². The predicted octanol–water partition coefficient (Wildman–Crippen LogP) is 1.16. The van der Waals surface area contributed by atoms with Crippen molar-refractivity contribution in [3.05, 3.63) is 11.1 Å².